The van der Waals surface area contributed by atoms with Crippen molar-refractivity contribution in [3.63, 3.8) is 0 Å². The highest BCUT2D eigenvalue weighted by molar-refractivity contribution is 7.88. The highest BCUT2D eigenvalue weighted by Crippen LogP contribution is 2.35. The van der Waals surface area contributed by atoms with E-state index in [-0.39, 0.29) is 5.56 Å². The van der Waals surface area contributed by atoms with Crippen LogP contribution in [0.25, 0.3) is 0 Å². The monoisotopic (exact) mass is 472 g/mol. The number of carbonyl (C=O) groups is 2. The zero-order chi connectivity index (χ0) is 23.6. The number of carbonyl (C=O) groups excluding carboxylic acids is 2. The van der Waals surface area contributed by atoms with Gasteiger partial charge in [-0.1, -0.05) is 12.1 Å². The van der Waals surface area contributed by atoms with Crippen LogP contribution in [0.5, 0.6) is 5.75 Å². The van der Waals surface area contributed by atoms with Crippen LogP contribution in [0.1, 0.15) is 25.5 Å². The normalized spacial score (nSPS) is 26.7. The molecule has 1 aromatic rings. The van der Waals surface area contributed by atoms with E-state index in [1.807, 2.05) is 0 Å². The van der Waals surface area contributed by atoms with Crippen molar-refractivity contribution in [2.24, 2.45) is 0 Å². The number of hydrogen-bond donors (Lipinski definition) is 2. The van der Waals surface area contributed by atoms with Gasteiger partial charge < -0.3 is 28.6 Å². The number of aliphatic hydroxyl groups is 2. The maximum absolute atomic E-state index is 12.4. The molecule has 10 nitrogen and oxygen atoms in total. The van der Waals surface area contributed by atoms with Crippen molar-refractivity contribution in [3.8, 4) is 5.75 Å². The fraction of sp³-hybridized carbons (Fsp3) is 0.529. The predicted octanol–water partition coefficient (Wildman–Crippen LogP) is 0.572. The molecule has 1 aliphatic heterocycles. The molecule has 1 fully saturated rings. The van der Waals surface area contributed by atoms with Crippen molar-refractivity contribution in [2.75, 3.05) is 6.61 Å². The second kappa shape index (κ2) is 9.38. The second-order valence-corrected chi connectivity index (χ2v) is 8.04. The largest absolute Gasteiger partial charge is 0.534 e. The predicted molar refractivity (Wildman–Crippen MR) is 93.9 cm³/mol. The lowest BCUT2D eigenvalue weighted by Gasteiger charge is -2.42. The third-order valence-corrected chi connectivity index (χ3v) is 5.11. The molecule has 0 bridgehead atoms. The fourth-order valence-electron chi connectivity index (χ4n) is 2.77. The van der Waals surface area contributed by atoms with Gasteiger partial charge in [0.15, 0.2) is 6.10 Å². The maximum atomic E-state index is 12.4. The van der Waals surface area contributed by atoms with Crippen molar-refractivity contribution in [2.45, 2.75) is 49.9 Å². The van der Waals surface area contributed by atoms with Crippen molar-refractivity contribution in [3.05, 3.63) is 29.8 Å². The first-order valence-electron chi connectivity index (χ1n) is 8.66. The van der Waals surface area contributed by atoms with Crippen molar-refractivity contribution in [1.29, 1.82) is 0 Å². The first-order valence-corrected chi connectivity index (χ1v) is 10.1. The zero-order valence-electron chi connectivity index (χ0n) is 16.1. The summed E-state index contributed by atoms with van der Waals surface area (Å²) in [4.78, 5) is 22.4. The van der Waals surface area contributed by atoms with E-state index in [1.165, 1.54) is 0 Å². The molecule has 5 atom stereocenters. The summed E-state index contributed by atoms with van der Waals surface area (Å²) in [6.45, 7) is 1.74. The topological polar surface area (TPSA) is 146 Å². The van der Waals surface area contributed by atoms with Crippen LogP contribution in [-0.4, -0.2) is 67.1 Å². The number of esters is 2. The average Bonchev–Trinajstić information content (AvgIpc) is 2.64. The van der Waals surface area contributed by atoms with E-state index in [2.05, 4.69) is 4.18 Å². The Balaban J connectivity index is 2.24. The van der Waals surface area contributed by atoms with Crippen LogP contribution in [0.2, 0.25) is 0 Å². The molecule has 0 aromatic heterocycles. The van der Waals surface area contributed by atoms with Crippen LogP contribution in [0.3, 0.4) is 0 Å². The van der Waals surface area contributed by atoms with Gasteiger partial charge in [-0.25, -0.2) is 0 Å². The first kappa shape index (κ1) is 24.8. The van der Waals surface area contributed by atoms with Gasteiger partial charge in [-0.15, -0.1) is 0 Å². The number of halogens is 3. The third kappa shape index (κ3) is 6.06. The van der Waals surface area contributed by atoms with Gasteiger partial charge in [0.2, 0.25) is 0 Å². The van der Waals surface area contributed by atoms with Gasteiger partial charge in [-0.05, 0) is 17.7 Å². The number of rotatable bonds is 6. The van der Waals surface area contributed by atoms with Crippen molar-refractivity contribution in [1.82, 2.24) is 0 Å². The summed E-state index contributed by atoms with van der Waals surface area (Å²) in [5.41, 5.74) is -5.49. The summed E-state index contributed by atoms with van der Waals surface area (Å²) in [5, 5.41) is 20.8. The summed E-state index contributed by atoms with van der Waals surface area (Å²) < 4.78 is 78.8. The average molecular weight is 472 g/mol. The zero-order valence-corrected chi connectivity index (χ0v) is 16.9. The minimum Gasteiger partial charge on any atom is -0.463 e. The molecule has 0 unspecified atom stereocenters. The van der Waals surface area contributed by atoms with E-state index in [1.54, 1.807) is 0 Å². The minimum absolute atomic E-state index is 0.123. The lowest BCUT2D eigenvalue weighted by molar-refractivity contribution is -0.242. The van der Waals surface area contributed by atoms with Gasteiger partial charge in [0, 0.05) is 13.8 Å². The molecule has 0 saturated carbocycles. The van der Waals surface area contributed by atoms with Crippen LogP contribution >= 0.6 is 0 Å². The van der Waals surface area contributed by atoms with Crippen molar-refractivity contribution < 1.29 is 59.8 Å². The van der Waals surface area contributed by atoms with Crippen molar-refractivity contribution >= 4 is 22.1 Å². The van der Waals surface area contributed by atoms with E-state index in [4.69, 9.17) is 14.2 Å². The second-order valence-electron chi connectivity index (χ2n) is 6.51. The van der Waals surface area contributed by atoms with Gasteiger partial charge in [-0.2, -0.15) is 21.6 Å². The van der Waals surface area contributed by atoms with Gasteiger partial charge in [0.25, 0.3) is 0 Å². The Morgan fingerprint density at radius 2 is 1.65 bits per heavy atom. The Hall–Kier alpha value is -2.42. The number of hydrogen-bond acceptors (Lipinski definition) is 10. The van der Waals surface area contributed by atoms with Crippen LogP contribution in [0.15, 0.2) is 24.3 Å². The van der Waals surface area contributed by atoms with E-state index in [0.29, 0.717) is 0 Å². The lowest BCUT2D eigenvalue weighted by atomic mass is 9.91. The Labute approximate surface area is 174 Å². The summed E-state index contributed by atoms with van der Waals surface area (Å²) in [7, 11) is -5.87. The number of benzene rings is 1. The lowest BCUT2D eigenvalue weighted by Crippen LogP contribution is -2.57. The highest BCUT2D eigenvalue weighted by atomic mass is 32.2. The van der Waals surface area contributed by atoms with E-state index in [9.17, 15) is 41.4 Å². The molecule has 2 rings (SSSR count). The molecule has 0 radical (unpaired) electrons. The summed E-state index contributed by atoms with van der Waals surface area (Å²) >= 11 is 0. The molecule has 0 spiro atoms. The molecule has 1 heterocycles. The van der Waals surface area contributed by atoms with Crippen LogP contribution < -0.4 is 4.18 Å². The number of alkyl halides is 3. The fourth-order valence-corrected chi connectivity index (χ4v) is 3.23. The third-order valence-electron chi connectivity index (χ3n) is 4.14. The molecule has 31 heavy (non-hydrogen) atoms. The summed E-state index contributed by atoms with van der Waals surface area (Å²) in [6.07, 6.45) is -7.15. The smallest absolute Gasteiger partial charge is 0.463 e. The van der Waals surface area contributed by atoms with E-state index >= 15 is 0 Å². The van der Waals surface area contributed by atoms with E-state index < -0.39 is 70.4 Å². The molecule has 14 heteroatoms. The Morgan fingerprint density at radius 1 is 1.06 bits per heavy atom. The number of ether oxygens (including phenoxy) is 3. The van der Waals surface area contributed by atoms with E-state index in [0.717, 1.165) is 38.1 Å². The minimum atomic E-state index is -5.87. The quantitative estimate of drug-likeness (QED) is 0.342. The number of aliphatic hydroxyl groups excluding tert-OH is 2. The van der Waals surface area contributed by atoms with Gasteiger partial charge >= 0.3 is 27.6 Å². The molecule has 2 N–H and O–H groups in total. The van der Waals surface area contributed by atoms with Gasteiger partial charge in [-0.3, -0.25) is 9.59 Å². The van der Waals surface area contributed by atoms with Crippen LogP contribution in [0.4, 0.5) is 13.2 Å². The standard InChI is InChI=1S/C17H19F3O10S/c1-8(21)27-7-12-16(28-9(2)22)14(24)13(23)15(29-12)10-3-5-11(6-4-10)30-31(25,26)17(18,19)20/h3-6,12-16,23-24H,7H2,1-2H3/t12-,13+,14-,15-,16+/m1/s1. The first-order chi connectivity index (χ1) is 14.2. The molecule has 1 saturated heterocycles. The molecule has 1 aliphatic rings. The maximum Gasteiger partial charge on any atom is 0.534 e. The van der Waals surface area contributed by atoms with Gasteiger partial charge in [0.1, 0.15) is 36.8 Å². The Bertz CT molecular complexity index is 900. The molecule has 1 aromatic carbocycles. The molecule has 0 aliphatic carbocycles. The van der Waals surface area contributed by atoms with Gasteiger partial charge in [0.05, 0.1) is 0 Å². The van der Waals surface area contributed by atoms with Crippen LogP contribution in [-0.2, 0) is 33.9 Å². The SMILES string of the molecule is CC(=O)OC[C@H]1O[C@H](c2ccc(OS(=O)(=O)C(F)(F)F)cc2)[C@@H](O)[C@@H](O)[C@H]1OC(C)=O. The molecule has 174 valence electrons. The van der Waals surface area contributed by atoms with Crippen LogP contribution in [0, 0.1) is 0 Å². The Kier molecular flexibility index (Phi) is 7.52. The summed E-state index contributed by atoms with van der Waals surface area (Å²) in [6, 6.07) is 3.99. The molecule has 0 amide bonds. The Morgan fingerprint density at radius 3 is 2.13 bits per heavy atom. The molecular weight excluding hydrogens is 453 g/mol. The summed E-state index contributed by atoms with van der Waals surface area (Å²) in [5.74, 6) is -2.13. The highest BCUT2D eigenvalue weighted by Gasteiger charge is 2.49. The molecular formula is C17H19F3O10S.